The lowest BCUT2D eigenvalue weighted by atomic mass is 10.1. The largest absolute Gasteiger partial charge is 0.544 e. The zero-order valence-corrected chi connectivity index (χ0v) is 40.2. The van der Waals surface area contributed by atoms with Crippen LogP contribution in [0.15, 0.2) is 122 Å². The minimum Gasteiger partial charge on any atom is -0.544 e. The molecule has 0 spiro atoms. The van der Waals surface area contributed by atoms with Gasteiger partial charge in [0.1, 0.15) is 12.6 Å². The molecule has 0 N–H and O–H groups in total. The molecule has 0 aliphatic rings. The second kappa shape index (κ2) is 44.3. The van der Waals surface area contributed by atoms with E-state index in [1.807, 2.05) is 0 Å². The van der Waals surface area contributed by atoms with Gasteiger partial charge in [0.05, 0.1) is 40.3 Å². The number of unbranched alkanes of at least 4 members (excludes halogenated alkanes) is 7. The quantitative estimate of drug-likeness (QED) is 0.0261. The molecule has 2 unspecified atom stereocenters. The SMILES string of the molecule is CC/C=C/C/C=C/C/C=C/C/C=C/C/C=C/C/C=C/CCCC(=O)OCC(COCCC(C(=O)[O-])[N+](C)(C)C)OC(=O)CCCCCCCC/C=C/C/C=C/C/C=C/C/C=C/CC. The van der Waals surface area contributed by atoms with Crippen molar-refractivity contribution in [1.82, 2.24) is 0 Å². The third-order valence-corrected chi connectivity index (χ3v) is 9.84. The summed E-state index contributed by atoms with van der Waals surface area (Å²) in [7, 11) is 5.37. The van der Waals surface area contributed by atoms with Crippen molar-refractivity contribution in [2.75, 3.05) is 41.0 Å². The molecule has 0 saturated carbocycles. The summed E-state index contributed by atoms with van der Waals surface area (Å²) in [5.74, 6) is -1.85. The highest BCUT2D eigenvalue weighted by molar-refractivity contribution is 5.70. The van der Waals surface area contributed by atoms with E-state index >= 15 is 0 Å². The van der Waals surface area contributed by atoms with Crippen molar-refractivity contribution >= 4 is 17.9 Å². The van der Waals surface area contributed by atoms with Gasteiger partial charge in [-0.15, -0.1) is 0 Å². The number of allylic oxidation sites excluding steroid dienone is 20. The maximum absolute atomic E-state index is 12.8. The smallest absolute Gasteiger partial charge is 0.306 e. The van der Waals surface area contributed by atoms with Gasteiger partial charge in [-0.05, 0) is 96.3 Å². The Morgan fingerprint density at radius 2 is 0.857 bits per heavy atom. The van der Waals surface area contributed by atoms with E-state index in [2.05, 4.69) is 135 Å². The highest BCUT2D eigenvalue weighted by Crippen LogP contribution is 2.12. The van der Waals surface area contributed by atoms with Gasteiger partial charge in [0, 0.05) is 19.3 Å². The van der Waals surface area contributed by atoms with Crippen LogP contribution >= 0.6 is 0 Å². The predicted molar refractivity (Wildman–Crippen MR) is 263 cm³/mol. The maximum Gasteiger partial charge on any atom is 0.306 e. The minimum atomic E-state index is -1.14. The highest BCUT2D eigenvalue weighted by atomic mass is 16.6. The fourth-order valence-corrected chi connectivity index (χ4v) is 6.19. The number of aliphatic carboxylic acids is 1. The molecule has 0 aromatic heterocycles. The first kappa shape index (κ1) is 58.7. The van der Waals surface area contributed by atoms with Crippen molar-refractivity contribution in [2.45, 2.75) is 167 Å². The fraction of sp³-hybridized carbons (Fsp3) is 0.582. The molecular weight excluding hydrogens is 787 g/mol. The van der Waals surface area contributed by atoms with Gasteiger partial charge in [0.25, 0.3) is 0 Å². The predicted octanol–water partition coefficient (Wildman–Crippen LogP) is 12.5. The average molecular weight is 874 g/mol. The monoisotopic (exact) mass is 874 g/mol. The van der Waals surface area contributed by atoms with E-state index in [-0.39, 0.29) is 55.5 Å². The lowest BCUT2D eigenvalue weighted by Gasteiger charge is -2.34. The number of ether oxygens (including phenoxy) is 3. The van der Waals surface area contributed by atoms with Crippen LogP contribution in [-0.4, -0.2) is 75.5 Å². The van der Waals surface area contributed by atoms with E-state index in [0.717, 1.165) is 109 Å². The second-order valence-corrected chi connectivity index (χ2v) is 16.6. The summed E-state index contributed by atoms with van der Waals surface area (Å²) < 4.78 is 17.1. The Morgan fingerprint density at radius 1 is 0.476 bits per heavy atom. The van der Waals surface area contributed by atoms with Crippen LogP contribution in [0.5, 0.6) is 0 Å². The molecule has 0 radical (unpaired) electrons. The standard InChI is InChI=1S/C55H87NO7/c1-6-8-10-12-14-16-18-20-22-24-26-28-29-31-33-35-37-39-41-43-45-53(57)62-50-51(49-61-48-47-52(55(59)60)56(3,4)5)63-54(58)46-44-42-40-38-36-34-32-30-27-25-23-21-19-17-15-13-11-9-7-2/h8-11,14-17,20-23,26-28,30-31,33,37,39,51-52H,6-7,12-13,18-19,24-25,29,32,34-36,38,40-50H2,1-5H3/b10-8+,11-9+,16-14+,17-15+,22-20+,23-21+,28-26+,30-27+,33-31+,39-37+. The van der Waals surface area contributed by atoms with Gasteiger partial charge in [0.2, 0.25) is 0 Å². The summed E-state index contributed by atoms with van der Waals surface area (Å²) >= 11 is 0. The summed E-state index contributed by atoms with van der Waals surface area (Å²) in [4.78, 5) is 37.0. The van der Waals surface area contributed by atoms with Gasteiger partial charge < -0.3 is 28.6 Å². The molecule has 8 heteroatoms. The molecule has 0 aromatic rings. The number of esters is 2. The van der Waals surface area contributed by atoms with E-state index in [1.165, 1.54) is 6.42 Å². The van der Waals surface area contributed by atoms with Gasteiger partial charge in [0.15, 0.2) is 6.10 Å². The number of hydrogen-bond donors (Lipinski definition) is 0. The van der Waals surface area contributed by atoms with Gasteiger partial charge in [-0.1, -0.05) is 161 Å². The number of carboxylic acid groups (broad SMARTS) is 1. The summed E-state index contributed by atoms with van der Waals surface area (Å²) in [6.45, 7) is 4.34. The van der Waals surface area contributed by atoms with Crippen LogP contribution in [0.4, 0.5) is 0 Å². The summed E-state index contributed by atoms with van der Waals surface area (Å²) in [5.41, 5.74) is 0. The molecule has 8 nitrogen and oxygen atoms in total. The molecule has 0 aliphatic carbocycles. The van der Waals surface area contributed by atoms with Gasteiger partial charge in [-0.3, -0.25) is 9.59 Å². The van der Waals surface area contributed by atoms with E-state index < -0.39 is 18.1 Å². The molecule has 63 heavy (non-hydrogen) atoms. The van der Waals surface area contributed by atoms with Crippen molar-refractivity contribution in [2.24, 2.45) is 0 Å². The van der Waals surface area contributed by atoms with Crippen LogP contribution in [0.1, 0.15) is 155 Å². The number of rotatable bonds is 41. The minimum absolute atomic E-state index is 0.00768. The molecule has 2 atom stereocenters. The number of likely N-dealkylation sites (N-methyl/N-ethyl adjacent to an activating group) is 1. The number of hydrogen-bond acceptors (Lipinski definition) is 7. The normalized spacial score (nSPS) is 14.0. The number of carboxylic acids is 1. The van der Waals surface area contributed by atoms with Crippen molar-refractivity contribution in [3.05, 3.63) is 122 Å². The zero-order valence-electron chi connectivity index (χ0n) is 40.2. The Balaban J connectivity index is 4.45. The molecule has 0 saturated heterocycles. The Labute approximate surface area is 384 Å². The van der Waals surface area contributed by atoms with Crippen LogP contribution in [0.3, 0.4) is 0 Å². The van der Waals surface area contributed by atoms with E-state index in [0.29, 0.717) is 6.42 Å². The molecular formula is C55H87NO7. The molecule has 0 bridgehead atoms. The Morgan fingerprint density at radius 3 is 1.29 bits per heavy atom. The van der Waals surface area contributed by atoms with E-state index in [4.69, 9.17) is 14.2 Å². The van der Waals surface area contributed by atoms with Crippen molar-refractivity contribution in [3.63, 3.8) is 0 Å². The molecule has 0 amide bonds. The molecule has 0 aromatic carbocycles. The number of nitrogens with zero attached hydrogens (tertiary/aromatic N) is 1. The van der Waals surface area contributed by atoms with Crippen molar-refractivity contribution in [3.8, 4) is 0 Å². The molecule has 0 rings (SSSR count). The first-order valence-corrected chi connectivity index (χ1v) is 24.1. The van der Waals surface area contributed by atoms with Crippen molar-refractivity contribution in [1.29, 1.82) is 0 Å². The van der Waals surface area contributed by atoms with E-state index in [9.17, 15) is 19.5 Å². The fourth-order valence-electron chi connectivity index (χ4n) is 6.19. The first-order valence-electron chi connectivity index (χ1n) is 24.1. The highest BCUT2D eigenvalue weighted by Gasteiger charge is 2.25. The van der Waals surface area contributed by atoms with E-state index in [1.54, 1.807) is 21.1 Å². The molecule has 0 fully saturated rings. The topological polar surface area (TPSA) is 102 Å². The van der Waals surface area contributed by atoms with Crippen LogP contribution in [0.2, 0.25) is 0 Å². The van der Waals surface area contributed by atoms with Crippen LogP contribution < -0.4 is 5.11 Å². The number of quaternary nitrogens is 1. The Hall–Kier alpha value is -4.27. The third-order valence-electron chi connectivity index (χ3n) is 9.84. The average Bonchev–Trinajstić information content (AvgIpc) is 3.24. The van der Waals surface area contributed by atoms with Crippen LogP contribution in [0.25, 0.3) is 0 Å². The third kappa shape index (κ3) is 42.8. The summed E-state index contributed by atoms with van der Waals surface area (Å²) in [5, 5.41) is 11.7. The molecule has 354 valence electrons. The lowest BCUT2D eigenvalue weighted by Crippen LogP contribution is -2.55. The Bertz CT molecular complexity index is 1440. The lowest BCUT2D eigenvalue weighted by molar-refractivity contribution is -0.889. The zero-order chi connectivity index (χ0) is 46.3. The van der Waals surface area contributed by atoms with Gasteiger partial charge in [-0.2, -0.15) is 0 Å². The van der Waals surface area contributed by atoms with Crippen LogP contribution in [-0.2, 0) is 28.6 Å². The first-order chi connectivity index (χ1) is 30.6. The number of carbonyl (C=O) groups excluding carboxylic acids is 3. The van der Waals surface area contributed by atoms with Gasteiger partial charge in [-0.25, -0.2) is 0 Å². The summed E-state index contributed by atoms with van der Waals surface area (Å²) in [6, 6.07) is -0.746. The van der Waals surface area contributed by atoms with Crippen molar-refractivity contribution < 1.29 is 38.2 Å². The number of carbonyl (C=O) groups is 3. The second-order valence-electron chi connectivity index (χ2n) is 16.6. The Kier molecular flexibility index (Phi) is 41.3. The summed E-state index contributed by atoms with van der Waals surface area (Å²) in [6.07, 6.45) is 62.3. The molecule has 0 aliphatic heterocycles. The van der Waals surface area contributed by atoms with Crippen LogP contribution in [0, 0.1) is 0 Å². The maximum atomic E-state index is 12.8. The van der Waals surface area contributed by atoms with Gasteiger partial charge >= 0.3 is 11.9 Å². The molecule has 0 heterocycles.